The minimum Gasteiger partial charge on any atom is -0.0730 e. The Labute approximate surface area is 138 Å². The smallest absolute Gasteiger partial charge is 0.0153 e. The molecule has 0 N–H and O–H groups in total. The Kier molecular flexibility index (Phi) is 7.86. The van der Waals surface area contributed by atoms with Gasteiger partial charge in [-0.15, -0.1) is 0 Å². The summed E-state index contributed by atoms with van der Waals surface area (Å²) in [6, 6.07) is 0. The SMILES string of the molecule is CCC1CCC(C=CC#CC=CC2CCC(CC)CC2)CC1. The van der Waals surface area contributed by atoms with Crippen molar-refractivity contribution >= 4 is 0 Å². The van der Waals surface area contributed by atoms with Crippen LogP contribution in [0.25, 0.3) is 0 Å². The van der Waals surface area contributed by atoms with Gasteiger partial charge < -0.3 is 0 Å². The zero-order valence-corrected chi connectivity index (χ0v) is 14.7. The highest BCUT2D eigenvalue weighted by atomic mass is 14.2. The molecule has 0 radical (unpaired) electrons. The number of hydrogen-bond donors (Lipinski definition) is 0. The van der Waals surface area contributed by atoms with Crippen molar-refractivity contribution in [1.29, 1.82) is 0 Å². The maximum Gasteiger partial charge on any atom is -0.0153 e. The summed E-state index contributed by atoms with van der Waals surface area (Å²) in [5.74, 6) is 9.94. The van der Waals surface area contributed by atoms with Crippen molar-refractivity contribution in [3.05, 3.63) is 24.3 Å². The summed E-state index contributed by atoms with van der Waals surface area (Å²) in [6.07, 6.45) is 22.7. The zero-order chi connectivity index (χ0) is 15.6. The molecule has 2 fully saturated rings. The summed E-state index contributed by atoms with van der Waals surface area (Å²) in [6.45, 7) is 4.65. The maximum atomic E-state index is 3.20. The minimum atomic E-state index is 0.783. The van der Waals surface area contributed by atoms with Crippen LogP contribution in [0.15, 0.2) is 24.3 Å². The first-order valence-corrected chi connectivity index (χ1v) is 9.66. The first-order valence-electron chi connectivity index (χ1n) is 9.66. The van der Waals surface area contributed by atoms with Crippen LogP contribution in [0.2, 0.25) is 0 Å². The molecule has 0 bridgehead atoms. The Morgan fingerprint density at radius 2 is 1.00 bits per heavy atom. The van der Waals surface area contributed by atoms with Crippen molar-refractivity contribution in [3.8, 4) is 11.8 Å². The topological polar surface area (TPSA) is 0 Å². The van der Waals surface area contributed by atoms with Gasteiger partial charge in [0.05, 0.1) is 0 Å². The van der Waals surface area contributed by atoms with E-state index in [9.17, 15) is 0 Å². The summed E-state index contributed by atoms with van der Waals surface area (Å²) in [5, 5.41) is 0. The van der Waals surface area contributed by atoms with Crippen LogP contribution in [0.4, 0.5) is 0 Å². The lowest BCUT2D eigenvalue weighted by molar-refractivity contribution is 0.303. The first-order chi connectivity index (χ1) is 10.8. The van der Waals surface area contributed by atoms with E-state index < -0.39 is 0 Å². The van der Waals surface area contributed by atoms with Crippen molar-refractivity contribution in [2.45, 2.75) is 78.1 Å². The average Bonchev–Trinajstić information content (AvgIpc) is 2.59. The van der Waals surface area contributed by atoms with E-state index in [0.29, 0.717) is 0 Å². The van der Waals surface area contributed by atoms with Gasteiger partial charge in [-0.05, 0) is 87.2 Å². The van der Waals surface area contributed by atoms with Gasteiger partial charge in [-0.3, -0.25) is 0 Å². The fourth-order valence-corrected chi connectivity index (χ4v) is 4.04. The van der Waals surface area contributed by atoms with Gasteiger partial charge >= 0.3 is 0 Å². The quantitative estimate of drug-likeness (QED) is 0.517. The molecule has 0 unspecified atom stereocenters. The summed E-state index contributed by atoms with van der Waals surface area (Å²) in [7, 11) is 0. The minimum absolute atomic E-state index is 0.783. The molecular formula is C22H34. The van der Waals surface area contributed by atoms with E-state index in [1.54, 1.807) is 0 Å². The second kappa shape index (κ2) is 9.94. The Morgan fingerprint density at radius 3 is 1.32 bits per heavy atom. The van der Waals surface area contributed by atoms with Crippen LogP contribution in [-0.4, -0.2) is 0 Å². The second-order valence-corrected chi connectivity index (χ2v) is 7.39. The number of rotatable bonds is 4. The van der Waals surface area contributed by atoms with E-state index in [4.69, 9.17) is 0 Å². The fourth-order valence-electron chi connectivity index (χ4n) is 4.04. The summed E-state index contributed by atoms with van der Waals surface area (Å²) in [5.41, 5.74) is 0. The molecule has 2 aliphatic carbocycles. The van der Waals surface area contributed by atoms with Crippen LogP contribution in [0.1, 0.15) is 78.1 Å². The van der Waals surface area contributed by atoms with Gasteiger partial charge in [-0.2, -0.15) is 0 Å². The van der Waals surface area contributed by atoms with Gasteiger partial charge in [0.2, 0.25) is 0 Å². The van der Waals surface area contributed by atoms with E-state index in [1.807, 2.05) is 0 Å². The van der Waals surface area contributed by atoms with E-state index in [0.717, 1.165) is 23.7 Å². The molecule has 0 spiro atoms. The molecule has 0 aromatic rings. The number of allylic oxidation sites excluding steroid dienone is 4. The standard InChI is InChI=1S/C22H34/c1-3-19-11-15-21(16-12-19)9-7-5-6-8-10-22-17-13-20(4-2)14-18-22/h7-10,19-22H,3-4,11-18H2,1-2H3. The highest BCUT2D eigenvalue weighted by molar-refractivity contribution is 5.24. The molecule has 2 rings (SSSR count). The third-order valence-electron chi connectivity index (χ3n) is 5.92. The average molecular weight is 299 g/mol. The fraction of sp³-hybridized carbons (Fsp3) is 0.727. The van der Waals surface area contributed by atoms with Gasteiger partial charge in [-0.25, -0.2) is 0 Å². The van der Waals surface area contributed by atoms with Gasteiger partial charge in [0.1, 0.15) is 0 Å². The predicted octanol–water partition coefficient (Wildman–Crippen LogP) is 6.54. The first kappa shape index (κ1) is 17.4. The molecule has 122 valence electrons. The van der Waals surface area contributed by atoms with Crippen molar-refractivity contribution < 1.29 is 0 Å². The lowest BCUT2D eigenvalue weighted by Crippen LogP contribution is -2.12. The third kappa shape index (κ3) is 6.04. The van der Waals surface area contributed by atoms with Crippen LogP contribution in [0, 0.1) is 35.5 Å². The summed E-state index contributed by atoms with van der Waals surface area (Å²) >= 11 is 0. The molecule has 0 aromatic carbocycles. The zero-order valence-electron chi connectivity index (χ0n) is 14.7. The van der Waals surface area contributed by atoms with Gasteiger partial charge in [0.25, 0.3) is 0 Å². The van der Waals surface area contributed by atoms with E-state index in [2.05, 4.69) is 50.0 Å². The van der Waals surface area contributed by atoms with Crippen molar-refractivity contribution in [3.63, 3.8) is 0 Å². The molecule has 2 saturated carbocycles. The lowest BCUT2D eigenvalue weighted by atomic mass is 9.81. The summed E-state index contributed by atoms with van der Waals surface area (Å²) in [4.78, 5) is 0. The van der Waals surface area contributed by atoms with E-state index >= 15 is 0 Å². The maximum absolute atomic E-state index is 3.20. The molecule has 0 heterocycles. The molecule has 0 heteroatoms. The van der Waals surface area contributed by atoms with Gasteiger partial charge in [-0.1, -0.05) is 50.7 Å². The third-order valence-corrected chi connectivity index (χ3v) is 5.92. The van der Waals surface area contributed by atoms with Crippen LogP contribution >= 0.6 is 0 Å². The largest absolute Gasteiger partial charge is 0.0730 e. The van der Waals surface area contributed by atoms with Crippen molar-refractivity contribution in [1.82, 2.24) is 0 Å². The predicted molar refractivity (Wildman–Crippen MR) is 97.5 cm³/mol. The molecule has 0 atom stereocenters. The van der Waals surface area contributed by atoms with Crippen LogP contribution in [0.3, 0.4) is 0 Å². The van der Waals surface area contributed by atoms with Crippen LogP contribution < -0.4 is 0 Å². The highest BCUT2D eigenvalue weighted by Crippen LogP contribution is 2.32. The molecule has 22 heavy (non-hydrogen) atoms. The molecule has 0 aliphatic heterocycles. The lowest BCUT2D eigenvalue weighted by Gasteiger charge is -2.25. The summed E-state index contributed by atoms with van der Waals surface area (Å²) < 4.78 is 0. The van der Waals surface area contributed by atoms with Crippen LogP contribution in [0.5, 0.6) is 0 Å². The van der Waals surface area contributed by atoms with Crippen molar-refractivity contribution in [2.24, 2.45) is 23.7 Å². The van der Waals surface area contributed by atoms with Crippen LogP contribution in [-0.2, 0) is 0 Å². The van der Waals surface area contributed by atoms with Crippen molar-refractivity contribution in [2.75, 3.05) is 0 Å². The Morgan fingerprint density at radius 1 is 0.636 bits per heavy atom. The van der Waals surface area contributed by atoms with E-state index in [-0.39, 0.29) is 0 Å². The molecule has 0 amide bonds. The van der Waals surface area contributed by atoms with Gasteiger partial charge in [0.15, 0.2) is 0 Å². The number of hydrogen-bond acceptors (Lipinski definition) is 0. The Hall–Kier alpha value is -0.960. The monoisotopic (exact) mass is 298 g/mol. The Balaban J connectivity index is 1.64. The molecule has 0 saturated heterocycles. The van der Waals surface area contributed by atoms with E-state index in [1.165, 1.54) is 64.2 Å². The Bertz CT molecular complexity index is 363. The molecule has 0 aromatic heterocycles. The van der Waals surface area contributed by atoms with Gasteiger partial charge in [0, 0.05) is 0 Å². The molecular weight excluding hydrogens is 264 g/mol. The molecule has 0 nitrogen and oxygen atoms in total. The second-order valence-electron chi connectivity index (χ2n) is 7.39. The molecule has 2 aliphatic rings. The highest BCUT2D eigenvalue weighted by Gasteiger charge is 2.18. The normalized spacial score (nSPS) is 33.0.